The molecule has 3 rings (SSSR count). The molecule has 5 nitrogen and oxygen atoms in total. The number of hydrogen-bond donors (Lipinski definition) is 0. The van der Waals surface area contributed by atoms with Crippen LogP contribution in [0.4, 0.5) is 0 Å². The first-order valence-electron chi connectivity index (χ1n) is 11.1. The molecule has 1 aromatic heterocycles. The zero-order valence-electron chi connectivity index (χ0n) is 18.8. The highest BCUT2D eigenvalue weighted by molar-refractivity contribution is 5.53. The number of hydrogen-bond acceptors (Lipinski definition) is 5. The van der Waals surface area contributed by atoms with Gasteiger partial charge in [-0.05, 0) is 50.1 Å². The Morgan fingerprint density at radius 1 is 0.968 bits per heavy atom. The molecule has 0 fully saturated rings. The summed E-state index contributed by atoms with van der Waals surface area (Å²) in [5.41, 5.74) is 3.13. The SMILES string of the molecule is CCCOC[C@H](Cc1ccc(OCCc2nc(-c3ccccc3)oc2C)cc1)OCC. The predicted octanol–water partition coefficient (Wildman–Crippen LogP) is 5.65. The number of rotatable bonds is 13. The maximum Gasteiger partial charge on any atom is 0.226 e. The molecular weight excluding hydrogens is 390 g/mol. The molecule has 1 atom stereocenters. The van der Waals surface area contributed by atoms with Gasteiger partial charge in [0.15, 0.2) is 0 Å². The molecule has 0 saturated heterocycles. The Bertz CT molecular complexity index is 890. The first kappa shape index (κ1) is 23.0. The van der Waals surface area contributed by atoms with Gasteiger partial charge in [0, 0.05) is 31.6 Å². The fraction of sp³-hybridized carbons (Fsp3) is 0.423. The number of nitrogens with zero attached hydrogens (tertiary/aromatic N) is 1. The van der Waals surface area contributed by atoms with Gasteiger partial charge in [0.05, 0.1) is 25.0 Å². The van der Waals surface area contributed by atoms with E-state index in [4.69, 9.17) is 18.6 Å². The molecule has 0 N–H and O–H groups in total. The second-order valence-electron chi connectivity index (χ2n) is 7.49. The summed E-state index contributed by atoms with van der Waals surface area (Å²) in [4.78, 5) is 4.63. The van der Waals surface area contributed by atoms with E-state index in [1.807, 2.05) is 56.3 Å². The van der Waals surface area contributed by atoms with E-state index < -0.39 is 0 Å². The quantitative estimate of drug-likeness (QED) is 0.333. The highest BCUT2D eigenvalue weighted by Crippen LogP contribution is 2.22. The van der Waals surface area contributed by atoms with Crippen molar-refractivity contribution in [1.29, 1.82) is 0 Å². The summed E-state index contributed by atoms with van der Waals surface area (Å²) in [5.74, 6) is 2.35. The highest BCUT2D eigenvalue weighted by Gasteiger charge is 2.12. The van der Waals surface area contributed by atoms with Gasteiger partial charge in [-0.15, -0.1) is 0 Å². The van der Waals surface area contributed by atoms with Crippen LogP contribution in [0.2, 0.25) is 0 Å². The fourth-order valence-corrected chi connectivity index (χ4v) is 3.38. The van der Waals surface area contributed by atoms with Crippen LogP contribution in [-0.4, -0.2) is 37.5 Å². The van der Waals surface area contributed by atoms with Crippen molar-refractivity contribution in [3.05, 3.63) is 71.6 Å². The van der Waals surface area contributed by atoms with Crippen molar-refractivity contribution in [3.63, 3.8) is 0 Å². The van der Waals surface area contributed by atoms with Gasteiger partial charge in [0.25, 0.3) is 0 Å². The number of benzene rings is 2. The Morgan fingerprint density at radius 3 is 2.45 bits per heavy atom. The lowest BCUT2D eigenvalue weighted by Gasteiger charge is -2.17. The summed E-state index contributed by atoms with van der Waals surface area (Å²) < 4.78 is 23.2. The van der Waals surface area contributed by atoms with Gasteiger partial charge in [-0.2, -0.15) is 0 Å². The lowest BCUT2D eigenvalue weighted by atomic mass is 10.1. The molecule has 0 unspecified atom stereocenters. The molecule has 0 radical (unpaired) electrons. The van der Waals surface area contributed by atoms with E-state index in [2.05, 4.69) is 24.0 Å². The largest absolute Gasteiger partial charge is 0.493 e. The number of aryl methyl sites for hydroxylation is 1. The van der Waals surface area contributed by atoms with Gasteiger partial charge >= 0.3 is 0 Å². The smallest absolute Gasteiger partial charge is 0.226 e. The molecule has 5 heteroatoms. The van der Waals surface area contributed by atoms with Crippen LogP contribution in [0.25, 0.3) is 11.5 Å². The van der Waals surface area contributed by atoms with Crippen molar-refractivity contribution in [2.75, 3.05) is 26.4 Å². The lowest BCUT2D eigenvalue weighted by molar-refractivity contribution is -0.0108. The van der Waals surface area contributed by atoms with Crippen molar-refractivity contribution in [1.82, 2.24) is 4.98 Å². The van der Waals surface area contributed by atoms with Gasteiger partial charge in [0.1, 0.15) is 11.5 Å². The minimum Gasteiger partial charge on any atom is -0.493 e. The molecule has 1 heterocycles. The maximum atomic E-state index is 5.93. The van der Waals surface area contributed by atoms with Gasteiger partial charge in [-0.1, -0.05) is 37.3 Å². The molecule has 2 aromatic carbocycles. The Labute approximate surface area is 185 Å². The molecule has 0 bridgehead atoms. The van der Waals surface area contributed by atoms with E-state index in [9.17, 15) is 0 Å². The van der Waals surface area contributed by atoms with Crippen LogP contribution >= 0.6 is 0 Å². The van der Waals surface area contributed by atoms with E-state index in [0.717, 1.165) is 42.2 Å². The zero-order valence-corrected chi connectivity index (χ0v) is 18.8. The highest BCUT2D eigenvalue weighted by atomic mass is 16.5. The van der Waals surface area contributed by atoms with E-state index in [1.54, 1.807) is 0 Å². The fourth-order valence-electron chi connectivity index (χ4n) is 3.38. The summed E-state index contributed by atoms with van der Waals surface area (Å²) in [6.07, 6.45) is 2.63. The first-order chi connectivity index (χ1) is 15.2. The Morgan fingerprint density at radius 2 is 1.74 bits per heavy atom. The third-order valence-corrected chi connectivity index (χ3v) is 4.96. The molecule has 0 aliphatic rings. The topological polar surface area (TPSA) is 53.7 Å². The summed E-state index contributed by atoms with van der Waals surface area (Å²) in [6.45, 7) is 8.71. The molecular formula is C26H33NO4. The second kappa shape index (κ2) is 12.3. The van der Waals surface area contributed by atoms with Crippen LogP contribution < -0.4 is 4.74 Å². The Kier molecular flexibility index (Phi) is 9.13. The Balaban J connectivity index is 1.49. The Hall–Kier alpha value is -2.63. The van der Waals surface area contributed by atoms with Gasteiger partial charge < -0.3 is 18.6 Å². The van der Waals surface area contributed by atoms with Crippen LogP contribution in [0.3, 0.4) is 0 Å². The van der Waals surface area contributed by atoms with Gasteiger partial charge in [-0.3, -0.25) is 0 Å². The van der Waals surface area contributed by atoms with Crippen LogP contribution in [0.1, 0.15) is 37.3 Å². The van der Waals surface area contributed by atoms with Crippen molar-refractivity contribution < 1.29 is 18.6 Å². The third kappa shape index (κ3) is 7.23. The minimum absolute atomic E-state index is 0.0808. The molecule has 3 aromatic rings. The number of oxazole rings is 1. The zero-order chi connectivity index (χ0) is 21.9. The molecule has 0 saturated carbocycles. The summed E-state index contributed by atoms with van der Waals surface area (Å²) >= 11 is 0. The molecule has 166 valence electrons. The van der Waals surface area contributed by atoms with Crippen LogP contribution in [-0.2, 0) is 22.3 Å². The number of ether oxygens (including phenoxy) is 3. The monoisotopic (exact) mass is 423 g/mol. The average Bonchev–Trinajstić information content (AvgIpc) is 3.16. The maximum absolute atomic E-state index is 5.93. The minimum atomic E-state index is 0.0808. The molecule has 0 aliphatic carbocycles. The molecule has 0 aliphatic heterocycles. The first-order valence-corrected chi connectivity index (χ1v) is 11.1. The average molecular weight is 424 g/mol. The van der Waals surface area contributed by atoms with E-state index in [-0.39, 0.29) is 6.10 Å². The third-order valence-electron chi connectivity index (χ3n) is 4.96. The van der Waals surface area contributed by atoms with E-state index in [1.165, 1.54) is 5.56 Å². The predicted molar refractivity (Wildman–Crippen MR) is 123 cm³/mol. The standard InChI is InChI=1S/C26H33NO4/c1-4-16-28-19-24(29-5-2)18-21-11-13-23(14-12-21)30-17-15-25-20(3)31-26(27-25)22-9-7-6-8-10-22/h6-14,24H,4-5,15-19H2,1-3H3/t24-/m0/s1. The number of aromatic nitrogens is 1. The van der Waals surface area contributed by atoms with Crippen LogP contribution in [0, 0.1) is 6.92 Å². The van der Waals surface area contributed by atoms with Gasteiger partial charge in [-0.25, -0.2) is 4.98 Å². The summed E-state index contributed by atoms with van der Waals surface area (Å²) in [7, 11) is 0. The molecule has 0 amide bonds. The van der Waals surface area contributed by atoms with Gasteiger partial charge in [0.2, 0.25) is 5.89 Å². The lowest BCUT2D eigenvalue weighted by Crippen LogP contribution is -2.23. The normalized spacial score (nSPS) is 12.1. The van der Waals surface area contributed by atoms with E-state index in [0.29, 0.717) is 32.1 Å². The second-order valence-corrected chi connectivity index (χ2v) is 7.49. The van der Waals surface area contributed by atoms with Crippen molar-refractivity contribution in [3.8, 4) is 17.2 Å². The summed E-state index contributed by atoms with van der Waals surface area (Å²) in [5, 5.41) is 0. The molecule has 31 heavy (non-hydrogen) atoms. The van der Waals surface area contributed by atoms with Crippen molar-refractivity contribution in [2.24, 2.45) is 0 Å². The summed E-state index contributed by atoms with van der Waals surface area (Å²) in [6, 6.07) is 18.2. The van der Waals surface area contributed by atoms with Crippen LogP contribution in [0.15, 0.2) is 59.0 Å². The molecule has 0 spiro atoms. The van der Waals surface area contributed by atoms with Crippen molar-refractivity contribution >= 4 is 0 Å². The van der Waals surface area contributed by atoms with Crippen molar-refractivity contribution in [2.45, 2.75) is 46.1 Å². The van der Waals surface area contributed by atoms with Crippen LogP contribution in [0.5, 0.6) is 5.75 Å². The van der Waals surface area contributed by atoms with E-state index >= 15 is 0 Å².